The lowest BCUT2D eigenvalue weighted by Gasteiger charge is -2.32. The van der Waals surface area contributed by atoms with Gasteiger partial charge in [-0.1, -0.05) is 11.3 Å². The standard InChI is InChI=1S/C17H25N3O2S/c1-3-19(4-2)16-18-11-14(23-16)15(22)20-10-9-17(12-20)7-5-13(21)6-8-17/h11H,3-10,12H2,1-2H3. The fourth-order valence-corrected chi connectivity index (χ4v) is 4.75. The molecular weight excluding hydrogens is 310 g/mol. The van der Waals surface area contributed by atoms with E-state index < -0.39 is 0 Å². The minimum atomic E-state index is 0.106. The summed E-state index contributed by atoms with van der Waals surface area (Å²) in [6, 6.07) is 0. The molecule has 1 saturated heterocycles. The van der Waals surface area contributed by atoms with E-state index in [9.17, 15) is 9.59 Å². The molecule has 126 valence electrons. The third kappa shape index (κ3) is 3.27. The summed E-state index contributed by atoms with van der Waals surface area (Å²) < 4.78 is 0. The van der Waals surface area contributed by atoms with Crippen molar-refractivity contribution < 1.29 is 9.59 Å². The van der Waals surface area contributed by atoms with Crippen LogP contribution in [0.5, 0.6) is 0 Å². The number of carbonyl (C=O) groups excluding carboxylic acids is 2. The van der Waals surface area contributed by atoms with Gasteiger partial charge in [0, 0.05) is 39.0 Å². The van der Waals surface area contributed by atoms with Gasteiger partial charge in [0.2, 0.25) is 0 Å². The zero-order chi connectivity index (χ0) is 16.4. The van der Waals surface area contributed by atoms with Crippen LogP contribution in [0.25, 0.3) is 0 Å². The Balaban J connectivity index is 1.66. The summed E-state index contributed by atoms with van der Waals surface area (Å²) in [5.41, 5.74) is 0.190. The Morgan fingerprint density at radius 3 is 2.65 bits per heavy atom. The van der Waals surface area contributed by atoms with Gasteiger partial charge < -0.3 is 9.80 Å². The monoisotopic (exact) mass is 335 g/mol. The number of amides is 1. The van der Waals surface area contributed by atoms with Crippen molar-refractivity contribution in [1.82, 2.24) is 9.88 Å². The first-order valence-electron chi connectivity index (χ1n) is 8.58. The van der Waals surface area contributed by atoms with Gasteiger partial charge in [-0.15, -0.1) is 0 Å². The number of rotatable bonds is 4. The normalized spacial score (nSPS) is 20.3. The summed E-state index contributed by atoms with van der Waals surface area (Å²) in [6.45, 7) is 7.61. The molecule has 1 aromatic rings. The van der Waals surface area contributed by atoms with E-state index in [0.29, 0.717) is 18.6 Å². The number of likely N-dealkylation sites (tertiary alicyclic amines) is 1. The van der Waals surface area contributed by atoms with Crippen LogP contribution in [0.2, 0.25) is 0 Å². The second-order valence-electron chi connectivity index (χ2n) is 6.69. The molecule has 0 N–H and O–H groups in total. The van der Waals surface area contributed by atoms with E-state index in [1.807, 2.05) is 4.90 Å². The first-order chi connectivity index (χ1) is 11.1. The summed E-state index contributed by atoms with van der Waals surface area (Å²) in [6.07, 6.45) is 6.03. The molecule has 0 atom stereocenters. The van der Waals surface area contributed by atoms with Crippen molar-refractivity contribution in [2.24, 2.45) is 5.41 Å². The SMILES string of the molecule is CCN(CC)c1ncc(C(=O)N2CCC3(CCC(=O)CC3)C2)s1. The summed E-state index contributed by atoms with van der Waals surface area (Å²) in [7, 11) is 0. The second kappa shape index (κ2) is 6.59. The first kappa shape index (κ1) is 16.4. The quantitative estimate of drug-likeness (QED) is 0.849. The number of thiazole rings is 1. The Hall–Kier alpha value is -1.43. The Labute approximate surface area is 141 Å². The van der Waals surface area contributed by atoms with Gasteiger partial charge in [0.05, 0.1) is 6.20 Å². The molecule has 1 saturated carbocycles. The van der Waals surface area contributed by atoms with Gasteiger partial charge in [-0.25, -0.2) is 4.98 Å². The molecule has 1 amide bonds. The van der Waals surface area contributed by atoms with Crippen molar-refractivity contribution >= 4 is 28.2 Å². The van der Waals surface area contributed by atoms with Crippen LogP contribution in [0.15, 0.2) is 6.20 Å². The highest BCUT2D eigenvalue weighted by Gasteiger charge is 2.42. The average molecular weight is 335 g/mol. The molecule has 1 aliphatic carbocycles. The zero-order valence-electron chi connectivity index (χ0n) is 14.0. The molecule has 0 aromatic carbocycles. The van der Waals surface area contributed by atoms with E-state index >= 15 is 0 Å². The molecule has 0 unspecified atom stereocenters. The molecule has 23 heavy (non-hydrogen) atoms. The van der Waals surface area contributed by atoms with Crippen molar-refractivity contribution in [3.05, 3.63) is 11.1 Å². The molecule has 2 fully saturated rings. The van der Waals surface area contributed by atoms with Gasteiger partial charge >= 0.3 is 0 Å². The number of ketones is 1. The third-order valence-electron chi connectivity index (χ3n) is 5.33. The highest BCUT2D eigenvalue weighted by Crippen LogP contribution is 2.43. The molecule has 6 heteroatoms. The summed E-state index contributed by atoms with van der Waals surface area (Å²) >= 11 is 1.49. The predicted molar refractivity (Wildman–Crippen MR) is 92.1 cm³/mol. The smallest absolute Gasteiger partial charge is 0.265 e. The lowest BCUT2D eigenvalue weighted by Crippen LogP contribution is -2.34. The highest BCUT2D eigenvalue weighted by molar-refractivity contribution is 7.17. The minimum Gasteiger partial charge on any atom is -0.349 e. The molecular formula is C17H25N3O2S. The maximum Gasteiger partial charge on any atom is 0.265 e. The number of hydrogen-bond donors (Lipinski definition) is 0. The van der Waals surface area contributed by atoms with Crippen LogP contribution >= 0.6 is 11.3 Å². The topological polar surface area (TPSA) is 53.5 Å². The third-order valence-corrected chi connectivity index (χ3v) is 6.38. The number of hydrogen-bond acceptors (Lipinski definition) is 5. The Morgan fingerprint density at radius 2 is 2.00 bits per heavy atom. The molecule has 5 nitrogen and oxygen atoms in total. The summed E-state index contributed by atoms with van der Waals surface area (Å²) in [5.74, 6) is 0.487. The van der Waals surface area contributed by atoms with Crippen LogP contribution in [0.1, 0.15) is 55.6 Å². The number of anilines is 1. The predicted octanol–water partition coefficient (Wildman–Crippen LogP) is 2.96. The molecule has 3 rings (SSSR count). The minimum absolute atomic E-state index is 0.106. The maximum absolute atomic E-state index is 12.8. The van der Waals surface area contributed by atoms with Crippen LogP contribution in [0, 0.1) is 5.41 Å². The number of carbonyl (C=O) groups is 2. The van der Waals surface area contributed by atoms with Crippen molar-refractivity contribution in [1.29, 1.82) is 0 Å². The molecule has 0 bridgehead atoms. The number of Topliss-reactive ketones (excluding diaryl/α,β-unsaturated/α-hetero) is 1. The van der Waals surface area contributed by atoms with Gasteiger partial charge in [-0.2, -0.15) is 0 Å². The Bertz CT molecular complexity index is 584. The van der Waals surface area contributed by atoms with Gasteiger partial charge in [0.1, 0.15) is 10.7 Å². The zero-order valence-corrected chi connectivity index (χ0v) is 14.8. The second-order valence-corrected chi connectivity index (χ2v) is 7.70. The highest BCUT2D eigenvalue weighted by atomic mass is 32.1. The molecule has 1 spiro atoms. The number of nitrogens with zero attached hydrogens (tertiary/aromatic N) is 3. The van der Waals surface area contributed by atoms with Crippen LogP contribution in [0.3, 0.4) is 0 Å². The molecule has 1 aliphatic heterocycles. The lowest BCUT2D eigenvalue weighted by molar-refractivity contribution is -0.122. The van der Waals surface area contributed by atoms with E-state index in [1.54, 1.807) is 6.20 Å². The van der Waals surface area contributed by atoms with E-state index in [1.165, 1.54) is 11.3 Å². The lowest BCUT2D eigenvalue weighted by atomic mass is 9.73. The van der Waals surface area contributed by atoms with E-state index in [-0.39, 0.29) is 11.3 Å². The van der Waals surface area contributed by atoms with Crippen molar-refractivity contribution in [3.63, 3.8) is 0 Å². The fourth-order valence-electron chi connectivity index (χ4n) is 3.74. The molecule has 1 aromatic heterocycles. The maximum atomic E-state index is 12.8. The molecule has 0 radical (unpaired) electrons. The van der Waals surface area contributed by atoms with Crippen LogP contribution in [-0.4, -0.2) is 47.8 Å². The van der Waals surface area contributed by atoms with E-state index in [0.717, 1.165) is 55.5 Å². The molecule has 2 aliphatic rings. The average Bonchev–Trinajstić information content (AvgIpc) is 3.19. The van der Waals surface area contributed by atoms with Crippen LogP contribution < -0.4 is 4.90 Å². The Morgan fingerprint density at radius 1 is 1.30 bits per heavy atom. The number of aromatic nitrogens is 1. The van der Waals surface area contributed by atoms with Crippen molar-refractivity contribution in [3.8, 4) is 0 Å². The first-order valence-corrected chi connectivity index (χ1v) is 9.40. The summed E-state index contributed by atoms with van der Waals surface area (Å²) in [4.78, 5) is 33.5. The molecule has 2 heterocycles. The fraction of sp³-hybridized carbons (Fsp3) is 0.706. The van der Waals surface area contributed by atoms with Crippen molar-refractivity contribution in [2.45, 2.75) is 46.0 Å². The van der Waals surface area contributed by atoms with Crippen molar-refractivity contribution in [2.75, 3.05) is 31.1 Å². The van der Waals surface area contributed by atoms with Gasteiger partial charge in [-0.3, -0.25) is 9.59 Å². The van der Waals surface area contributed by atoms with E-state index in [2.05, 4.69) is 23.7 Å². The van der Waals surface area contributed by atoms with Gasteiger partial charge in [0.15, 0.2) is 5.13 Å². The summed E-state index contributed by atoms with van der Waals surface area (Å²) in [5, 5.41) is 0.926. The van der Waals surface area contributed by atoms with Crippen LogP contribution in [0.4, 0.5) is 5.13 Å². The van der Waals surface area contributed by atoms with Crippen LogP contribution in [-0.2, 0) is 4.79 Å². The van der Waals surface area contributed by atoms with Gasteiger partial charge in [0.25, 0.3) is 5.91 Å². The van der Waals surface area contributed by atoms with E-state index in [4.69, 9.17) is 0 Å². The Kier molecular flexibility index (Phi) is 4.71. The largest absolute Gasteiger partial charge is 0.349 e. The van der Waals surface area contributed by atoms with Gasteiger partial charge in [-0.05, 0) is 38.5 Å².